The zero-order chi connectivity index (χ0) is 16.7. The second-order valence-electron chi connectivity index (χ2n) is 4.26. The summed E-state index contributed by atoms with van der Waals surface area (Å²) in [5.41, 5.74) is 1.92. The van der Waals surface area contributed by atoms with Gasteiger partial charge in [-0.2, -0.15) is 0 Å². The van der Waals surface area contributed by atoms with Gasteiger partial charge in [-0.3, -0.25) is 0 Å². The van der Waals surface area contributed by atoms with Crippen LogP contribution in [0.5, 0.6) is 0 Å². The van der Waals surface area contributed by atoms with Crippen LogP contribution in [-0.2, 0) is 6.42 Å². The summed E-state index contributed by atoms with van der Waals surface area (Å²) >= 11 is 4.04. The van der Waals surface area contributed by atoms with E-state index < -0.39 is 11.9 Å². The van der Waals surface area contributed by atoms with Crippen molar-refractivity contribution in [3.8, 4) is 0 Å². The van der Waals surface area contributed by atoms with Gasteiger partial charge in [-0.1, -0.05) is 25.1 Å². The molecule has 2 N–H and O–H groups in total. The quantitative estimate of drug-likeness (QED) is 0.579. The Kier molecular flexibility index (Phi) is 7.80. The third-order valence-electron chi connectivity index (χ3n) is 2.78. The van der Waals surface area contributed by atoms with Crippen molar-refractivity contribution in [1.29, 1.82) is 0 Å². The van der Waals surface area contributed by atoms with Gasteiger partial charge in [0.05, 0.1) is 11.1 Å². The van der Waals surface area contributed by atoms with Crippen LogP contribution >= 0.6 is 45.2 Å². The van der Waals surface area contributed by atoms with Crippen LogP contribution in [0, 0.1) is 7.14 Å². The van der Waals surface area contributed by atoms with Gasteiger partial charge in [0, 0.05) is 7.14 Å². The number of hydrogen-bond donors (Lipinski definition) is 2. The minimum absolute atomic E-state index is 0.364. The van der Waals surface area contributed by atoms with E-state index >= 15 is 0 Å². The molecule has 0 amide bonds. The number of halogens is 2. The lowest BCUT2D eigenvalue weighted by Gasteiger charge is -2.00. The number of carbonyl (C=O) groups is 2. The molecule has 0 spiro atoms. The number of carboxylic acids is 2. The molecule has 0 radical (unpaired) electrons. The molecule has 0 bridgehead atoms. The summed E-state index contributed by atoms with van der Waals surface area (Å²) < 4.78 is 1.58. The third kappa shape index (κ3) is 5.56. The highest BCUT2D eigenvalue weighted by molar-refractivity contribution is 14.1. The van der Waals surface area contributed by atoms with Crippen LogP contribution in [0.15, 0.2) is 42.5 Å². The first-order chi connectivity index (χ1) is 10.4. The second kappa shape index (κ2) is 9.09. The number of aromatic carboxylic acids is 2. The van der Waals surface area contributed by atoms with Crippen molar-refractivity contribution in [2.75, 3.05) is 0 Å². The summed E-state index contributed by atoms with van der Waals surface area (Å²) in [6, 6.07) is 12.3. The van der Waals surface area contributed by atoms with Crippen molar-refractivity contribution in [1.82, 2.24) is 0 Å². The van der Waals surface area contributed by atoms with E-state index in [0.717, 1.165) is 13.6 Å². The van der Waals surface area contributed by atoms with E-state index in [-0.39, 0.29) is 0 Å². The predicted octanol–water partition coefficient (Wildman–Crippen LogP) is 4.54. The van der Waals surface area contributed by atoms with Gasteiger partial charge in [-0.15, -0.1) is 0 Å². The van der Waals surface area contributed by atoms with E-state index in [4.69, 9.17) is 10.2 Å². The SMILES string of the molecule is CCc1ccc(C(=O)O)c(I)c1.O=C(O)c1ccccc1I. The molecule has 2 aromatic rings. The summed E-state index contributed by atoms with van der Waals surface area (Å²) in [5.74, 6) is -1.73. The molecule has 0 saturated heterocycles. The maximum absolute atomic E-state index is 10.6. The Bertz CT molecular complexity index is 684. The molecular weight excluding hydrogens is 510 g/mol. The van der Waals surface area contributed by atoms with Gasteiger partial charge in [-0.25, -0.2) is 9.59 Å². The summed E-state index contributed by atoms with van der Waals surface area (Å²) in [6.45, 7) is 2.05. The van der Waals surface area contributed by atoms with Gasteiger partial charge in [0.15, 0.2) is 0 Å². The van der Waals surface area contributed by atoms with Gasteiger partial charge in [-0.05, 0) is 81.4 Å². The molecule has 0 unspecified atom stereocenters. The molecule has 0 saturated carbocycles. The highest BCUT2D eigenvalue weighted by atomic mass is 127. The number of rotatable bonds is 3. The Labute approximate surface area is 155 Å². The summed E-state index contributed by atoms with van der Waals surface area (Å²) in [6.07, 6.45) is 0.940. The maximum atomic E-state index is 10.6. The molecule has 0 atom stereocenters. The molecule has 22 heavy (non-hydrogen) atoms. The van der Waals surface area contributed by atoms with Crippen LogP contribution in [0.2, 0.25) is 0 Å². The summed E-state index contributed by atoms with van der Waals surface area (Å²) in [4.78, 5) is 21.0. The molecule has 0 aromatic heterocycles. The van der Waals surface area contributed by atoms with Gasteiger partial charge in [0.1, 0.15) is 0 Å². The molecule has 0 heterocycles. The second-order valence-corrected chi connectivity index (χ2v) is 6.58. The summed E-state index contributed by atoms with van der Waals surface area (Å²) in [7, 11) is 0. The van der Waals surface area contributed by atoms with E-state index in [0.29, 0.717) is 11.1 Å². The molecule has 2 rings (SSSR count). The molecule has 2 aromatic carbocycles. The molecule has 116 valence electrons. The fraction of sp³-hybridized carbons (Fsp3) is 0.125. The summed E-state index contributed by atoms with van der Waals surface area (Å²) in [5, 5.41) is 17.3. The molecule has 0 aliphatic heterocycles. The highest BCUT2D eigenvalue weighted by Crippen LogP contribution is 2.14. The van der Waals surface area contributed by atoms with Crippen LogP contribution in [-0.4, -0.2) is 22.2 Å². The standard InChI is InChI=1S/C9H9IO2.C7H5IO2/c1-2-6-3-4-7(9(11)12)8(10)5-6;8-6-4-2-1-3-5(6)7(9)10/h3-5H,2H2,1H3,(H,11,12);1-4H,(H,9,10). The van der Waals surface area contributed by atoms with E-state index in [2.05, 4.69) is 0 Å². The van der Waals surface area contributed by atoms with Gasteiger partial charge in [0.2, 0.25) is 0 Å². The van der Waals surface area contributed by atoms with Gasteiger partial charge < -0.3 is 10.2 Å². The Morgan fingerprint density at radius 2 is 1.45 bits per heavy atom. The van der Waals surface area contributed by atoms with Crippen molar-refractivity contribution in [2.45, 2.75) is 13.3 Å². The predicted molar refractivity (Wildman–Crippen MR) is 102 cm³/mol. The number of aryl methyl sites for hydroxylation is 1. The third-order valence-corrected chi connectivity index (χ3v) is 4.61. The average molecular weight is 524 g/mol. The smallest absolute Gasteiger partial charge is 0.336 e. The monoisotopic (exact) mass is 524 g/mol. The molecule has 0 fully saturated rings. The Balaban J connectivity index is 0.000000224. The number of carboxylic acid groups (broad SMARTS) is 2. The Morgan fingerprint density at radius 3 is 1.86 bits per heavy atom. The Morgan fingerprint density at radius 1 is 0.909 bits per heavy atom. The molecule has 0 aliphatic carbocycles. The lowest BCUT2D eigenvalue weighted by atomic mass is 10.1. The number of benzene rings is 2. The lowest BCUT2D eigenvalue weighted by Crippen LogP contribution is -1.99. The van der Waals surface area contributed by atoms with E-state index in [1.807, 2.05) is 70.3 Å². The van der Waals surface area contributed by atoms with Crippen LogP contribution < -0.4 is 0 Å². The van der Waals surface area contributed by atoms with Crippen molar-refractivity contribution in [3.05, 3.63) is 66.3 Å². The van der Waals surface area contributed by atoms with Gasteiger partial charge in [0.25, 0.3) is 0 Å². The van der Waals surface area contributed by atoms with Crippen molar-refractivity contribution >= 4 is 57.1 Å². The maximum Gasteiger partial charge on any atom is 0.336 e. The molecule has 4 nitrogen and oxygen atoms in total. The number of hydrogen-bond acceptors (Lipinski definition) is 2. The van der Waals surface area contributed by atoms with Crippen LogP contribution in [0.1, 0.15) is 33.2 Å². The van der Waals surface area contributed by atoms with Crippen molar-refractivity contribution < 1.29 is 19.8 Å². The molecule has 6 heteroatoms. The zero-order valence-electron chi connectivity index (χ0n) is 11.7. The minimum atomic E-state index is -0.870. The van der Waals surface area contributed by atoms with E-state index in [1.54, 1.807) is 24.3 Å². The molecule has 0 aliphatic rings. The van der Waals surface area contributed by atoms with Gasteiger partial charge >= 0.3 is 11.9 Å². The lowest BCUT2D eigenvalue weighted by molar-refractivity contribution is 0.0685. The first-order valence-corrected chi connectivity index (χ1v) is 8.52. The van der Waals surface area contributed by atoms with Crippen LogP contribution in [0.25, 0.3) is 0 Å². The Hall–Kier alpha value is -1.16. The largest absolute Gasteiger partial charge is 0.478 e. The van der Waals surface area contributed by atoms with Crippen LogP contribution in [0.4, 0.5) is 0 Å². The highest BCUT2D eigenvalue weighted by Gasteiger charge is 2.07. The fourth-order valence-corrected chi connectivity index (χ4v) is 3.02. The average Bonchev–Trinajstić information content (AvgIpc) is 2.47. The molecular formula is C16H14I2O4. The normalized spacial score (nSPS) is 9.59. The van der Waals surface area contributed by atoms with Crippen molar-refractivity contribution in [3.63, 3.8) is 0 Å². The zero-order valence-corrected chi connectivity index (χ0v) is 16.0. The minimum Gasteiger partial charge on any atom is -0.478 e. The van der Waals surface area contributed by atoms with Crippen LogP contribution in [0.3, 0.4) is 0 Å². The topological polar surface area (TPSA) is 74.6 Å². The fourth-order valence-electron chi connectivity index (χ4n) is 1.59. The van der Waals surface area contributed by atoms with Crippen molar-refractivity contribution in [2.24, 2.45) is 0 Å². The van der Waals surface area contributed by atoms with E-state index in [9.17, 15) is 9.59 Å². The van der Waals surface area contributed by atoms with E-state index in [1.165, 1.54) is 5.56 Å². The first-order valence-electron chi connectivity index (χ1n) is 6.36. The first kappa shape index (κ1) is 18.9.